The molecule has 0 saturated heterocycles. The highest BCUT2D eigenvalue weighted by Gasteiger charge is 2.21. The van der Waals surface area contributed by atoms with Crippen molar-refractivity contribution in [3.63, 3.8) is 0 Å². The first kappa shape index (κ1) is 23.4. The zero-order valence-electron chi connectivity index (χ0n) is 18.8. The molecule has 2 heterocycles. The summed E-state index contributed by atoms with van der Waals surface area (Å²) in [6.07, 6.45) is 5.10. The van der Waals surface area contributed by atoms with Crippen LogP contribution in [0.3, 0.4) is 0 Å². The Balaban J connectivity index is 1.51. The van der Waals surface area contributed by atoms with E-state index in [1.165, 1.54) is 12.1 Å². The number of nitrogens with zero attached hydrogens (tertiary/aromatic N) is 3. The molecule has 2 aromatic heterocycles. The third kappa shape index (κ3) is 5.97. The van der Waals surface area contributed by atoms with Gasteiger partial charge in [0, 0.05) is 41.8 Å². The second-order valence-corrected chi connectivity index (χ2v) is 7.90. The van der Waals surface area contributed by atoms with Crippen molar-refractivity contribution in [2.75, 3.05) is 5.32 Å². The summed E-state index contributed by atoms with van der Waals surface area (Å²) >= 11 is 0. The van der Waals surface area contributed by atoms with Gasteiger partial charge in [-0.3, -0.25) is 9.78 Å². The number of phenolic OH excluding ortho intramolecular Hbond substituents is 1. The summed E-state index contributed by atoms with van der Waals surface area (Å²) in [7, 11) is 0. The first-order chi connectivity index (χ1) is 16.9. The van der Waals surface area contributed by atoms with E-state index >= 15 is 0 Å². The van der Waals surface area contributed by atoms with Crippen LogP contribution >= 0.6 is 0 Å². The molecule has 176 valence electrons. The number of carboxylic acids is 1. The van der Waals surface area contributed by atoms with Crippen molar-refractivity contribution in [2.45, 2.75) is 19.4 Å². The molecule has 35 heavy (non-hydrogen) atoms. The molecule has 1 amide bonds. The first-order valence-electron chi connectivity index (χ1n) is 10.8. The maximum absolute atomic E-state index is 12.9. The van der Waals surface area contributed by atoms with Gasteiger partial charge in [-0.15, -0.1) is 0 Å². The summed E-state index contributed by atoms with van der Waals surface area (Å²) in [6, 6.07) is 15.6. The van der Waals surface area contributed by atoms with Crippen LogP contribution in [0.25, 0.3) is 11.3 Å². The number of benzene rings is 2. The fraction of sp³-hybridized carbons (Fsp3) is 0.115. The minimum atomic E-state index is -1.16. The highest BCUT2D eigenvalue weighted by molar-refractivity contribution is 5.97. The van der Waals surface area contributed by atoms with Crippen LogP contribution in [0.15, 0.2) is 79.3 Å². The lowest BCUT2D eigenvalue weighted by Gasteiger charge is -2.16. The van der Waals surface area contributed by atoms with Crippen LogP contribution in [-0.4, -0.2) is 43.1 Å². The summed E-state index contributed by atoms with van der Waals surface area (Å²) in [5.41, 5.74) is 3.98. The number of aromatic nitrogens is 3. The van der Waals surface area contributed by atoms with Crippen LogP contribution in [0, 0.1) is 6.92 Å². The van der Waals surface area contributed by atoms with Crippen LogP contribution in [0.5, 0.6) is 5.75 Å². The second kappa shape index (κ2) is 10.4. The number of pyridine rings is 1. The van der Waals surface area contributed by atoms with E-state index in [1.54, 1.807) is 55.0 Å². The predicted octanol–water partition coefficient (Wildman–Crippen LogP) is 3.72. The van der Waals surface area contributed by atoms with Gasteiger partial charge in [0.2, 0.25) is 5.95 Å². The minimum Gasteiger partial charge on any atom is -0.508 e. The average molecular weight is 470 g/mol. The number of amides is 1. The van der Waals surface area contributed by atoms with E-state index in [9.17, 15) is 19.8 Å². The van der Waals surface area contributed by atoms with Crippen LogP contribution in [-0.2, 0) is 11.2 Å². The van der Waals surface area contributed by atoms with Gasteiger partial charge in [-0.05, 0) is 60.5 Å². The number of carbonyl (C=O) groups excluding carboxylic acids is 1. The van der Waals surface area contributed by atoms with Crippen molar-refractivity contribution in [3.8, 4) is 17.0 Å². The number of hydrogen-bond acceptors (Lipinski definition) is 7. The van der Waals surface area contributed by atoms with E-state index in [1.807, 2.05) is 19.1 Å². The van der Waals surface area contributed by atoms with Crippen molar-refractivity contribution in [1.82, 2.24) is 20.3 Å². The smallest absolute Gasteiger partial charge is 0.326 e. The Kier molecular flexibility index (Phi) is 6.96. The van der Waals surface area contributed by atoms with Crippen molar-refractivity contribution in [3.05, 3.63) is 95.9 Å². The number of nitrogens with one attached hydrogen (secondary N) is 2. The van der Waals surface area contributed by atoms with Crippen molar-refractivity contribution in [1.29, 1.82) is 0 Å². The Morgan fingerprint density at radius 3 is 2.54 bits per heavy atom. The minimum absolute atomic E-state index is 0.0767. The normalized spacial score (nSPS) is 11.5. The quantitative estimate of drug-likeness (QED) is 0.306. The number of hydrogen-bond donors (Lipinski definition) is 4. The molecule has 0 radical (unpaired) electrons. The number of carbonyl (C=O) groups is 2. The lowest BCUT2D eigenvalue weighted by molar-refractivity contribution is -0.139. The Labute approximate surface area is 201 Å². The fourth-order valence-electron chi connectivity index (χ4n) is 3.42. The maximum Gasteiger partial charge on any atom is 0.326 e. The molecule has 9 nitrogen and oxygen atoms in total. The van der Waals surface area contributed by atoms with Crippen LogP contribution in [0.1, 0.15) is 21.5 Å². The molecular weight excluding hydrogens is 446 g/mol. The highest BCUT2D eigenvalue weighted by atomic mass is 16.4. The van der Waals surface area contributed by atoms with Gasteiger partial charge < -0.3 is 20.8 Å². The highest BCUT2D eigenvalue weighted by Crippen LogP contribution is 2.22. The summed E-state index contributed by atoms with van der Waals surface area (Å²) in [4.78, 5) is 37.5. The van der Waals surface area contributed by atoms with Gasteiger partial charge in [0.05, 0.1) is 5.69 Å². The van der Waals surface area contributed by atoms with E-state index < -0.39 is 17.9 Å². The van der Waals surface area contributed by atoms with Gasteiger partial charge in [-0.2, -0.15) is 0 Å². The van der Waals surface area contributed by atoms with Gasteiger partial charge in [0.15, 0.2) is 0 Å². The number of aliphatic carboxylic acids is 1. The zero-order valence-corrected chi connectivity index (χ0v) is 18.8. The van der Waals surface area contributed by atoms with Crippen LogP contribution < -0.4 is 10.6 Å². The van der Waals surface area contributed by atoms with Gasteiger partial charge in [0.25, 0.3) is 5.91 Å². The van der Waals surface area contributed by atoms with Crippen LogP contribution in [0.4, 0.5) is 11.6 Å². The molecule has 0 bridgehead atoms. The Morgan fingerprint density at radius 1 is 1.03 bits per heavy atom. The lowest BCUT2D eigenvalue weighted by Crippen LogP contribution is -2.42. The largest absolute Gasteiger partial charge is 0.508 e. The monoisotopic (exact) mass is 469 g/mol. The van der Waals surface area contributed by atoms with Gasteiger partial charge >= 0.3 is 5.97 Å². The number of aromatic hydroxyl groups is 1. The van der Waals surface area contributed by atoms with Gasteiger partial charge in [0.1, 0.15) is 11.8 Å². The van der Waals surface area contributed by atoms with Gasteiger partial charge in [-0.25, -0.2) is 14.8 Å². The summed E-state index contributed by atoms with van der Waals surface area (Å²) < 4.78 is 0. The molecule has 4 N–H and O–H groups in total. The molecule has 0 fully saturated rings. The molecule has 0 saturated carbocycles. The number of carboxylic acid groups (broad SMARTS) is 1. The average Bonchev–Trinajstić information content (AvgIpc) is 2.87. The zero-order chi connectivity index (χ0) is 24.8. The number of rotatable bonds is 8. The topological polar surface area (TPSA) is 137 Å². The van der Waals surface area contributed by atoms with E-state index in [2.05, 4.69) is 25.6 Å². The third-order valence-electron chi connectivity index (χ3n) is 5.34. The van der Waals surface area contributed by atoms with E-state index in [0.717, 1.165) is 11.1 Å². The number of anilines is 2. The molecular formula is C26H23N5O4. The van der Waals surface area contributed by atoms with E-state index in [-0.39, 0.29) is 12.2 Å². The van der Waals surface area contributed by atoms with E-state index in [0.29, 0.717) is 28.5 Å². The predicted molar refractivity (Wildman–Crippen MR) is 130 cm³/mol. The Hall–Kier alpha value is -4.79. The van der Waals surface area contributed by atoms with Crippen LogP contribution in [0.2, 0.25) is 0 Å². The summed E-state index contributed by atoms with van der Waals surface area (Å²) in [5.74, 6) is -1.25. The Morgan fingerprint density at radius 2 is 1.83 bits per heavy atom. The molecule has 4 rings (SSSR count). The second-order valence-electron chi connectivity index (χ2n) is 7.90. The Bertz CT molecular complexity index is 1340. The molecule has 0 aliphatic carbocycles. The SMILES string of the molecule is Cc1ccc(C(=O)N[C@@H](Cc2ccc(O)cc2)C(=O)O)cc1Nc1nccc(-c2cccnc2)n1. The van der Waals surface area contributed by atoms with Gasteiger partial charge in [-0.1, -0.05) is 18.2 Å². The molecule has 2 aromatic carbocycles. The fourth-order valence-corrected chi connectivity index (χ4v) is 3.42. The van der Waals surface area contributed by atoms with Crippen molar-refractivity contribution >= 4 is 23.5 Å². The molecule has 0 aliphatic heterocycles. The van der Waals surface area contributed by atoms with Crippen molar-refractivity contribution in [2.24, 2.45) is 0 Å². The molecule has 0 spiro atoms. The number of phenols is 1. The summed E-state index contributed by atoms with van der Waals surface area (Å²) in [6.45, 7) is 1.87. The summed E-state index contributed by atoms with van der Waals surface area (Å²) in [5, 5.41) is 24.7. The van der Waals surface area contributed by atoms with Crippen molar-refractivity contribution < 1.29 is 19.8 Å². The third-order valence-corrected chi connectivity index (χ3v) is 5.34. The maximum atomic E-state index is 12.9. The molecule has 1 atom stereocenters. The number of aryl methyl sites for hydroxylation is 1. The first-order valence-corrected chi connectivity index (χ1v) is 10.8. The molecule has 4 aromatic rings. The molecule has 0 unspecified atom stereocenters. The lowest BCUT2D eigenvalue weighted by atomic mass is 10.0. The molecule has 0 aliphatic rings. The van der Waals surface area contributed by atoms with E-state index in [4.69, 9.17) is 0 Å². The molecule has 9 heteroatoms. The standard InChI is InChI=1S/C26H23N5O4/c1-16-4-7-18(24(33)29-23(25(34)35)13-17-5-8-20(32)9-6-17)14-22(16)31-26-28-12-10-21(30-26)19-3-2-11-27-15-19/h2-12,14-15,23,32H,13H2,1H3,(H,29,33)(H,34,35)(H,28,30,31)/t23-/m0/s1.